The molecule has 0 aromatic carbocycles. The van der Waals surface area contributed by atoms with E-state index < -0.39 is 16.5 Å². The molecule has 3 N–H and O–H groups in total. The van der Waals surface area contributed by atoms with Crippen LogP contribution in [0.2, 0.25) is 0 Å². The smallest absolute Gasteiger partial charge is 0.289 e. The van der Waals surface area contributed by atoms with E-state index in [1.165, 1.54) is 0 Å². The molecule has 0 fully saturated rings. The van der Waals surface area contributed by atoms with Gasteiger partial charge in [-0.25, -0.2) is 10.6 Å². The van der Waals surface area contributed by atoms with E-state index in [1.54, 1.807) is 11.4 Å². The first-order valence-electron chi connectivity index (χ1n) is 5.31. The highest BCUT2D eigenvalue weighted by Gasteiger charge is 2.15. The monoisotopic (exact) mass is 295 g/mol. The van der Waals surface area contributed by atoms with Gasteiger partial charge in [-0.3, -0.25) is 24.9 Å². The zero-order valence-corrected chi connectivity index (χ0v) is 10.8. The zero-order chi connectivity index (χ0) is 14.7. The van der Waals surface area contributed by atoms with E-state index in [0.717, 1.165) is 28.3 Å². The van der Waals surface area contributed by atoms with Crippen molar-refractivity contribution in [2.24, 2.45) is 5.84 Å². The fraction of sp³-hybridized carbons (Fsp3) is 0.100. The Morgan fingerprint density at radius 3 is 3.00 bits per heavy atom. The van der Waals surface area contributed by atoms with Crippen molar-refractivity contribution in [3.05, 3.63) is 54.9 Å². The Balaban J connectivity index is 2.38. The number of hydrogen-bond acceptors (Lipinski definition) is 7. The van der Waals surface area contributed by atoms with Gasteiger partial charge in [0.15, 0.2) is 0 Å². The Morgan fingerprint density at radius 1 is 1.60 bits per heavy atom. The number of hydrogen-bond donors (Lipinski definition) is 2. The van der Waals surface area contributed by atoms with Crippen LogP contribution in [-0.4, -0.2) is 20.4 Å². The topological polar surface area (TPSA) is 133 Å². The first-order chi connectivity index (χ1) is 9.52. The second-order valence-corrected chi connectivity index (χ2v) is 4.64. The molecule has 0 saturated heterocycles. The number of nitrogens with one attached hydrogen (secondary N) is 1. The minimum Gasteiger partial charge on any atom is -0.289 e. The second kappa shape index (κ2) is 5.59. The minimum absolute atomic E-state index is 0.000231. The standard InChI is InChI=1S/C10H9N5O4S/c11-13-9(16)8-6(1-2-20-8)4-14-5-7(15(18)19)3-12-10(14)17/h1-3,5H,4,11H2,(H,13,16). The van der Waals surface area contributed by atoms with Crippen molar-refractivity contribution in [2.45, 2.75) is 6.54 Å². The molecule has 0 bridgehead atoms. The lowest BCUT2D eigenvalue weighted by Gasteiger charge is -2.05. The van der Waals surface area contributed by atoms with E-state index in [1.807, 2.05) is 5.43 Å². The van der Waals surface area contributed by atoms with Gasteiger partial charge >= 0.3 is 11.4 Å². The molecule has 2 rings (SSSR count). The molecule has 9 nitrogen and oxygen atoms in total. The van der Waals surface area contributed by atoms with Crippen LogP contribution in [0.15, 0.2) is 28.6 Å². The van der Waals surface area contributed by atoms with Gasteiger partial charge in [-0.05, 0) is 17.0 Å². The van der Waals surface area contributed by atoms with Crippen LogP contribution in [0.5, 0.6) is 0 Å². The van der Waals surface area contributed by atoms with Gasteiger partial charge < -0.3 is 0 Å². The second-order valence-electron chi connectivity index (χ2n) is 3.73. The van der Waals surface area contributed by atoms with E-state index >= 15 is 0 Å². The Kier molecular flexibility index (Phi) is 3.86. The number of nitro groups is 1. The number of nitrogen functional groups attached to an aromatic ring is 1. The Morgan fingerprint density at radius 2 is 2.35 bits per heavy atom. The molecule has 10 heteroatoms. The van der Waals surface area contributed by atoms with Crippen molar-refractivity contribution >= 4 is 22.9 Å². The number of carbonyl (C=O) groups is 1. The first kappa shape index (κ1) is 13.8. The number of hydrazine groups is 1. The highest BCUT2D eigenvalue weighted by Crippen LogP contribution is 2.17. The third-order valence-corrected chi connectivity index (χ3v) is 3.43. The molecule has 104 valence electrons. The summed E-state index contributed by atoms with van der Waals surface area (Å²) >= 11 is 1.16. The maximum Gasteiger partial charge on any atom is 0.348 e. The Hall–Kier alpha value is -2.59. The number of nitrogens with two attached hydrogens (primary N) is 1. The van der Waals surface area contributed by atoms with Gasteiger partial charge in [0.1, 0.15) is 6.20 Å². The maximum atomic E-state index is 11.6. The SMILES string of the molecule is NNC(=O)c1sccc1Cn1cc([N+](=O)[O-])cnc1=O. The highest BCUT2D eigenvalue weighted by atomic mass is 32.1. The van der Waals surface area contributed by atoms with Crippen LogP contribution in [0.3, 0.4) is 0 Å². The van der Waals surface area contributed by atoms with Gasteiger partial charge in [-0.1, -0.05) is 0 Å². The molecule has 1 amide bonds. The molecule has 0 radical (unpaired) electrons. The zero-order valence-electron chi connectivity index (χ0n) is 9.98. The first-order valence-corrected chi connectivity index (χ1v) is 6.19. The van der Waals surface area contributed by atoms with Gasteiger partial charge in [0.2, 0.25) is 0 Å². The molecule has 20 heavy (non-hydrogen) atoms. The number of amides is 1. The summed E-state index contributed by atoms with van der Waals surface area (Å²) in [5, 5.41) is 12.3. The molecule has 0 unspecified atom stereocenters. The number of carbonyl (C=O) groups excluding carboxylic acids is 1. The van der Waals surface area contributed by atoms with Crippen molar-refractivity contribution in [3.8, 4) is 0 Å². The predicted molar refractivity (Wildman–Crippen MR) is 70.2 cm³/mol. The third kappa shape index (κ3) is 2.70. The fourth-order valence-electron chi connectivity index (χ4n) is 1.56. The molecule has 0 aliphatic rings. The van der Waals surface area contributed by atoms with Crippen LogP contribution >= 0.6 is 11.3 Å². The van der Waals surface area contributed by atoms with Gasteiger partial charge in [-0.15, -0.1) is 11.3 Å². The van der Waals surface area contributed by atoms with E-state index in [2.05, 4.69) is 4.98 Å². The van der Waals surface area contributed by atoms with Crippen molar-refractivity contribution in [1.82, 2.24) is 15.0 Å². The summed E-state index contributed by atoms with van der Waals surface area (Å²) in [6, 6.07) is 1.64. The average molecular weight is 295 g/mol. The lowest BCUT2D eigenvalue weighted by molar-refractivity contribution is -0.385. The van der Waals surface area contributed by atoms with Crippen LogP contribution in [-0.2, 0) is 6.54 Å². The molecule has 0 aliphatic heterocycles. The summed E-state index contributed by atoms with van der Waals surface area (Å²) < 4.78 is 1.06. The van der Waals surface area contributed by atoms with Gasteiger partial charge in [0.05, 0.1) is 22.5 Å². The van der Waals surface area contributed by atoms with Gasteiger partial charge in [-0.2, -0.15) is 4.98 Å². The Bertz CT molecular complexity index is 722. The molecule has 2 aromatic heterocycles. The highest BCUT2D eigenvalue weighted by molar-refractivity contribution is 7.12. The summed E-state index contributed by atoms with van der Waals surface area (Å²) in [7, 11) is 0. The van der Waals surface area contributed by atoms with Crippen LogP contribution in [0.25, 0.3) is 0 Å². The number of thiophene rings is 1. The predicted octanol–water partition coefficient (Wildman–Crippen LogP) is -0.135. The Labute approximate surface area is 115 Å². The van der Waals surface area contributed by atoms with Crippen molar-refractivity contribution in [3.63, 3.8) is 0 Å². The molecule has 2 aromatic rings. The number of rotatable bonds is 4. The van der Waals surface area contributed by atoms with E-state index in [0.29, 0.717) is 10.4 Å². The lowest BCUT2D eigenvalue weighted by Crippen LogP contribution is -2.30. The number of aromatic nitrogens is 2. The van der Waals surface area contributed by atoms with Gasteiger partial charge in [0.25, 0.3) is 5.91 Å². The minimum atomic E-state index is -0.649. The summed E-state index contributed by atoms with van der Waals surface area (Å²) in [6.07, 6.45) is 1.97. The summed E-state index contributed by atoms with van der Waals surface area (Å²) in [5.41, 5.74) is 1.59. The maximum absolute atomic E-state index is 11.6. The van der Waals surface area contributed by atoms with Crippen LogP contribution in [0.4, 0.5) is 5.69 Å². The molecule has 0 saturated carbocycles. The normalized spacial score (nSPS) is 10.2. The summed E-state index contributed by atoms with van der Waals surface area (Å²) in [4.78, 5) is 36.9. The summed E-state index contributed by atoms with van der Waals surface area (Å²) in [5.74, 6) is 4.57. The van der Waals surface area contributed by atoms with E-state index in [4.69, 9.17) is 5.84 Å². The molecular weight excluding hydrogens is 286 g/mol. The van der Waals surface area contributed by atoms with Crippen LogP contribution in [0.1, 0.15) is 15.2 Å². The largest absolute Gasteiger partial charge is 0.348 e. The lowest BCUT2D eigenvalue weighted by atomic mass is 10.2. The quantitative estimate of drug-likeness (QED) is 0.349. The summed E-state index contributed by atoms with van der Waals surface area (Å²) in [6.45, 7) is -0.000231. The average Bonchev–Trinajstić information content (AvgIpc) is 2.88. The molecule has 0 aliphatic carbocycles. The van der Waals surface area contributed by atoms with E-state index in [9.17, 15) is 19.7 Å². The molecular formula is C10H9N5O4S. The van der Waals surface area contributed by atoms with Crippen LogP contribution in [0, 0.1) is 10.1 Å². The van der Waals surface area contributed by atoms with Crippen LogP contribution < -0.4 is 17.0 Å². The van der Waals surface area contributed by atoms with E-state index in [-0.39, 0.29) is 12.2 Å². The molecule has 2 heterocycles. The van der Waals surface area contributed by atoms with Gasteiger partial charge in [0, 0.05) is 0 Å². The molecule has 0 spiro atoms. The molecule has 0 atom stereocenters. The van der Waals surface area contributed by atoms with Crippen molar-refractivity contribution in [2.75, 3.05) is 0 Å². The van der Waals surface area contributed by atoms with Crippen molar-refractivity contribution < 1.29 is 9.72 Å². The van der Waals surface area contributed by atoms with Crippen molar-refractivity contribution in [1.29, 1.82) is 0 Å². The third-order valence-electron chi connectivity index (χ3n) is 2.48. The fourth-order valence-corrected chi connectivity index (χ4v) is 2.38. The number of nitrogens with zero attached hydrogens (tertiary/aromatic N) is 3.